The Balaban J connectivity index is 2.13. The van der Waals surface area contributed by atoms with E-state index >= 15 is 0 Å². The largest absolute Gasteiger partial charge is 0.497 e. The first kappa shape index (κ1) is 11.7. The molecule has 0 saturated heterocycles. The summed E-state index contributed by atoms with van der Waals surface area (Å²) >= 11 is 0. The van der Waals surface area contributed by atoms with Gasteiger partial charge in [-0.1, -0.05) is 12.1 Å². The standard InChI is InChI=1S/C13H17N3O/c1-16-12(9-14)8-11(15-16)7-10-3-5-13(17-2)6-4-10/h3-6,8H,7,9,14H2,1-2H3. The molecule has 1 heterocycles. The van der Waals surface area contributed by atoms with Crippen LogP contribution in [0.4, 0.5) is 0 Å². The van der Waals surface area contributed by atoms with Gasteiger partial charge in [-0.05, 0) is 23.8 Å². The van der Waals surface area contributed by atoms with E-state index in [0.717, 1.165) is 23.6 Å². The number of methoxy groups -OCH3 is 1. The van der Waals surface area contributed by atoms with Gasteiger partial charge < -0.3 is 10.5 Å². The lowest BCUT2D eigenvalue weighted by Crippen LogP contribution is -2.03. The Bertz CT molecular complexity index is 488. The van der Waals surface area contributed by atoms with Crippen molar-refractivity contribution in [1.29, 1.82) is 0 Å². The first-order valence-electron chi connectivity index (χ1n) is 5.57. The maximum absolute atomic E-state index is 5.62. The van der Waals surface area contributed by atoms with E-state index in [2.05, 4.69) is 17.2 Å². The number of benzene rings is 1. The van der Waals surface area contributed by atoms with Gasteiger partial charge in [0.2, 0.25) is 0 Å². The Labute approximate surface area is 101 Å². The van der Waals surface area contributed by atoms with Crippen LogP contribution in [0, 0.1) is 0 Å². The van der Waals surface area contributed by atoms with Crippen LogP contribution in [0.25, 0.3) is 0 Å². The predicted octanol–water partition coefficient (Wildman–Crippen LogP) is 1.48. The van der Waals surface area contributed by atoms with Crippen LogP contribution >= 0.6 is 0 Å². The van der Waals surface area contributed by atoms with Gasteiger partial charge in [0.05, 0.1) is 18.5 Å². The van der Waals surface area contributed by atoms with Crippen molar-refractivity contribution in [3.8, 4) is 5.75 Å². The molecule has 0 aliphatic rings. The summed E-state index contributed by atoms with van der Waals surface area (Å²) in [6.45, 7) is 0.520. The minimum atomic E-state index is 0.520. The highest BCUT2D eigenvalue weighted by Gasteiger charge is 2.04. The van der Waals surface area contributed by atoms with Crippen molar-refractivity contribution < 1.29 is 4.74 Å². The highest BCUT2D eigenvalue weighted by molar-refractivity contribution is 5.30. The number of nitrogens with two attached hydrogens (primary N) is 1. The predicted molar refractivity (Wildman–Crippen MR) is 66.9 cm³/mol. The van der Waals surface area contributed by atoms with Gasteiger partial charge in [0.15, 0.2) is 0 Å². The third-order valence-electron chi connectivity index (χ3n) is 2.78. The van der Waals surface area contributed by atoms with E-state index in [4.69, 9.17) is 10.5 Å². The molecule has 4 nitrogen and oxygen atoms in total. The van der Waals surface area contributed by atoms with Crippen molar-refractivity contribution in [3.63, 3.8) is 0 Å². The van der Waals surface area contributed by atoms with E-state index < -0.39 is 0 Å². The Hall–Kier alpha value is -1.81. The zero-order valence-electron chi connectivity index (χ0n) is 10.2. The second kappa shape index (κ2) is 5.01. The monoisotopic (exact) mass is 231 g/mol. The molecule has 0 spiro atoms. The van der Waals surface area contributed by atoms with Gasteiger partial charge in [0.25, 0.3) is 0 Å². The number of aryl methyl sites for hydroxylation is 1. The normalized spacial score (nSPS) is 10.5. The van der Waals surface area contributed by atoms with Crippen LogP contribution in [0.3, 0.4) is 0 Å². The maximum atomic E-state index is 5.62. The van der Waals surface area contributed by atoms with Crippen LogP contribution in [0.15, 0.2) is 30.3 Å². The molecule has 0 saturated carbocycles. The zero-order valence-corrected chi connectivity index (χ0v) is 10.2. The molecule has 1 aromatic heterocycles. The molecule has 0 unspecified atom stereocenters. The minimum Gasteiger partial charge on any atom is -0.497 e. The van der Waals surface area contributed by atoms with E-state index in [1.165, 1.54) is 5.56 Å². The molecule has 2 N–H and O–H groups in total. The van der Waals surface area contributed by atoms with Crippen molar-refractivity contribution in [2.24, 2.45) is 12.8 Å². The van der Waals surface area contributed by atoms with Crippen molar-refractivity contribution in [2.75, 3.05) is 7.11 Å². The molecule has 0 aliphatic carbocycles. The molecule has 0 radical (unpaired) electrons. The summed E-state index contributed by atoms with van der Waals surface area (Å²) in [7, 11) is 3.58. The second-order valence-corrected chi connectivity index (χ2v) is 3.98. The van der Waals surface area contributed by atoms with E-state index in [9.17, 15) is 0 Å². The van der Waals surface area contributed by atoms with Crippen molar-refractivity contribution in [3.05, 3.63) is 47.3 Å². The number of ether oxygens (including phenoxy) is 1. The fourth-order valence-corrected chi connectivity index (χ4v) is 1.80. The molecule has 0 amide bonds. The SMILES string of the molecule is COc1ccc(Cc2cc(CN)n(C)n2)cc1. The Morgan fingerprint density at radius 2 is 2.00 bits per heavy atom. The fourth-order valence-electron chi connectivity index (χ4n) is 1.80. The lowest BCUT2D eigenvalue weighted by molar-refractivity contribution is 0.414. The molecule has 0 fully saturated rings. The van der Waals surface area contributed by atoms with Gasteiger partial charge >= 0.3 is 0 Å². The number of rotatable bonds is 4. The smallest absolute Gasteiger partial charge is 0.118 e. The highest BCUT2D eigenvalue weighted by atomic mass is 16.5. The quantitative estimate of drug-likeness (QED) is 0.867. The molecule has 2 aromatic rings. The number of aromatic nitrogens is 2. The molecule has 0 atom stereocenters. The molecule has 4 heteroatoms. The fraction of sp³-hybridized carbons (Fsp3) is 0.308. The van der Waals surface area contributed by atoms with Gasteiger partial charge in [0, 0.05) is 20.0 Å². The summed E-state index contributed by atoms with van der Waals surface area (Å²) in [6.07, 6.45) is 0.817. The first-order chi connectivity index (χ1) is 8.22. The molecule has 0 bridgehead atoms. The van der Waals surface area contributed by atoms with Gasteiger partial charge in [-0.2, -0.15) is 5.10 Å². The van der Waals surface area contributed by atoms with Crippen molar-refractivity contribution in [1.82, 2.24) is 9.78 Å². The van der Waals surface area contributed by atoms with Crippen LogP contribution in [0.5, 0.6) is 5.75 Å². The summed E-state index contributed by atoms with van der Waals surface area (Å²) < 4.78 is 6.96. The Kier molecular flexibility index (Phi) is 3.44. The molecule has 0 aliphatic heterocycles. The molecule has 17 heavy (non-hydrogen) atoms. The first-order valence-corrected chi connectivity index (χ1v) is 5.57. The van der Waals surface area contributed by atoms with E-state index in [0.29, 0.717) is 6.54 Å². The van der Waals surface area contributed by atoms with Crippen molar-refractivity contribution >= 4 is 0 Å². The van der Waals surface area contributed by atoms with Gasteiger partial charge in [-0.25, -0.2) is 0 Å². The van der Waals surface area contributed by atoms with Gasteiger partial charge in [-0.15, -0.1) is 0 Å². The average Bonchev–Trinajstić information content (AvgIpc) is 2.70. The number of hydrogen-bond acceptors (Lipinski definition) is 3. The van der Waals surface area contributed by atoms with Crippen LogP contribution < -0.4 is 10.5 Å². The number of nitrogens with zero attached hydrogens (tertiary/aromatic N) is 2. The third kappa shape index (κ3) is 2.65. The topological polar surface area (TPSA) is 53.1 Å². The van der Waals surface area contributed by atoms with Crippen LogP contribution in [0.2, 0.25) is 0 Å². The minimum absolute atomic E-state index is 0.520. The summed E-state index contributed by atoms with van der Waals surface area (Å²) in [4.78, 5) is 0. The van der Waals surface area contributed by atoms with Crippen molar-refractivity contribution in [2.45, 2.75) is 13.0 Å². The van der Waals surface area contributed by atoms with Gasteiger partial charge in [-0.3, -0.25) is 4.68 Å². The highest BCUT2D eigenvalue weighted by Crippen LogP contribution is 2.14. The molecular formula is C13H17N3O. The second-order valence-electron chi connectivity index (χ2n) is 3.98. The number of hydrogen-bond donors (Lipinski definition) is 1. The summed E-state index contributed by atoms with van der Waals surface area (Å²) in [5.74, 6) is 0.873. The summed E-state index contributed by atoms with van der Waals surface area (Å²) in [6, 6.07) is 10.1. The van der Waals surface area contributed by atoms with E-state index in [1.54, 1.807) is 7.11 Å². The lowest BCUT2D eigenvalue weighted by Gasteiger charge is -2.01. The zero-order chi connectivity index (χ0) is 12.3. The van der Waals surface area contributed by atoms with Crippen LogP contribution in [-0.2, 0) is 20.0 Å². The van der Waals surface area contributed by atoms with Crippen LogP contribution in [0.1, 0.15) is 17.0 Å². The van der Waals surface area contributed by atoms with E-state index in [-0.39, 0.29) is 0 Å². The van der Waals surface area contributed by atoms with E-state index in [1.807, 2.05) is 29.9 Å². The van der Waals surface area contributed by atoms with Crippen LogP contribution in [-0.4, -0.2) is 16.9 Å². The summed E-state index contributed by atoms with van der Waals surface area (Å²) in [5, 5.41) is 4.42. The molecule has 1 aromatic carbocycles. The average molecular weight is 231 g/mol. The maximum Gasteiger partial charge on any atom is 0.118 e. The van der Waals surface area contributed by atoms with Gasteiger partial charge in [0.1, 0.15) is 5.75 Å². The molecule has 90 valence electrons. The third-order valence-corrected chi connectivity index (χ3v) is 2.78. The lowest BCUT2D eigenvalue weighted by atomic mass is 10.1. The molecular weight excluding hydrogens is 214 g/mol. The molecule has 2 rings (SSSR count). The Morgan fingerprint density at radius 3 is 2.53 bits per heavy atom. The summed E-state index contributed by atoms with van der Waals surface area (Å²) in [5.41, 5.74) is 8.92. The Morgan fingerprint density at radius 1 is 1.29 bits per heavy atom.